The van der Waals surface area contributed by atoms with E-state index in [1.165, 1.54) is 0 Å². The monoisotopic (exact) mass is 464 g/mol. The van der Waals surface area contributed by atoms with Gasteiger partial charge < -0.3 is 20.5 Å². The van der Waals surface area contributed by atoms with E-state index >= 15 is 0 Å². The van der Waals surface area contributed by atoms with Gasteiger partial charge in [-0.1, -0.05) is 69.3 Å². The molecule has 2 aliphatic carbocycles. The molecule has 4 rings (SSSR count). The molecule has 2 aliphatic rings. The summed E-state index contributed by atoms with van der Waals surface area (Å²) in [6.07, 6.45) is 0.819. The molecule has 0 radical (unpaired) electrons. The highest BCUT2D eigenvalue weighted by molar-refractivity contribution is 5.90. The van der Waals surface area contributed by atoms with Crippen LogP contribution in [0.5, 0.6) is 0 Å². The highest BCUT2D eigenvalue weighted by Gasteiger charge is 2.51. The molecule has 7 nitrogen and oxygen atoms in total. The first kappa shape index (κ1) is 23.8. The molecule has 7 heteroatoms. The highest BCUT2D eigenvalue weighted by Crippen LogP contribution is 2.44. The van der Waals surface area contributed by atoms with Gasteiger partial charge in [0.1, 0.15) is 12.1 Å². The van der Waals surface area contributed by atoms with Gasteiger partial charge in [-0.05, 0) is 46.9 Å². The van der Waals surface area contributed by atoms with Crippen molar-refractivity contribution < 1.29 is 24.2 Å². The highest BCUT2D eigenvalue weighted by atomic mass is 16.5. The number of alkyl carbamates (subject to hydrolysis) is 1. The topological polar surface area (TPSA) is 105 Å². The molecular formula is C27H32N2O5. The maximum atomic E-state index is 12.7. The smallest absolute Gasteiger partial charge is 0.407 e. The third kappa shape index (κ3) is 5.24. The number of amides is 2. The Labute approximate surface area is 199 Å². The Kier molecular flexibility index (Phi) is 6.39. The minimum Gasteiger partial charge on any atom is -0.480 e. The third-order valence-corrected chi connectivity index (χ3v) is 6.49. The van der Waals surface area contributed by atoms with Gasteiger partial charge in [0.05, 0.1) is 0 Å². The van der Waals surface area contributed by atoms with Crippen molar-refractivity contribution in [1.29, 1.82) is 0 Å². The summed E-state index contributed by atoms with van der Waals surface area (Å²) in [4.78, 5) is 36.7. The molecule has 1 unspecified atom stereocenters. The van der Waals surface area contributed by atoms with Crippen LogP contribution in [0.25, 0.3) is 11.1 Å². The van der Waals surface area contributed by atoms with Crippen molar-refractivity contribution in [2.24, 2.45) is 5.41 Å². The third-order valence-electron chi connectivity index (χ3n) is 6.49. The largest absolute Gasteiger partial charge is 0.480 e. The predicted molar refractivity (Wildman–Crippen MR) is 128 cm³/mol. The Morgan fingerprint density at radius 1 is 1.03 bits per heavy atom. The Bertz CT molecular complexity index is 1050. The first-order valence-corrected chi connectivity index (χ1v) is 11.7. The molecule has 1 saturated carbocycles. The summed E-state index contributed by atoms with van der Waals surface area (Å²) in [6, 6.07) is 15.8. The fraction of sp³-hybridized carbons (Fsp3) is 0.444. The molecule has 0 heterocycles. The lowest BCUT2D eigenvalue weighted by atomic mass is 9.87. The summed E-state index contributed by atoms with van der Waals surface area (Å²) in [5.74, 6) is -1.45. The van der Waals surface area contributed by atoms with Crippen LogP contribution in [0.1, 0.15) is 63.5 Å². The van der Waals surface area contributed by atoms with E-state index in [0.717, 1.165) is 22.3 Å². The first-order valence-electron chi connectivity index (χ1n) is 11.7. The summed E-state index contributed by atoms with van der Waals surface area (Å²) in [5, 5.41) is 14.8. The van der Waals surface area contributed by atoms with Crippen LogP contribution < -0.4 is 10.6 Å². The fourth-order valence-corrected chi connectivity index (χ4v) is 4.78. The van der Waals surface area contributed by atoms with Gasteiger partial charge in [-0.25, -0.2) is 9.59 Å². The Morgan fingerprint density at radius 2 is 1.59 bits per heavy atom. The molecular weight excluding hydrogens is 432 g/mol. The standard InChI is InChI=1S/C27H32N2O5/c1-26(2,3)15-17(14-23(30)29-27(12-13-27)24(31)32)28-25(33)34-16-22-20-10-6-4-8-18(20)19-9-5-7-11-21(19)22/h4-11,17,22H,12-16H2,1-3H3,(H,28,33)(H,29,30)(H,31,32). The van der Waals surface area contributed by atoms with Crippen LogP contribution in [0.3, 0.4) is 0 Å². The molecule has 2 aromatic carbocycles. The Balaban J connectivity index is 1.39. The van der Waals surface area contributed by atoms with Gasteiger partial charge in [-0.15, -0.1) is 0 Å². The van der Waals surface area contributed by atoms with E-state index in [0.29, 0.717) is 19.3 Å². The number of carbonyl (C=O) groups excluding carboxylic acids is 2. The summed E-state index contributed by atoms with van der Waals surface area (Å²) < 4.78 is 5.64. The number of nitrogens with one attached hydrogen (secondary N) is 2. The molecule has 1 fully saturated rings. The predicted octanol–water partition coefficient (Wildman–Crippen LogP) is 4.45. The summed E-state index contributed by atoms with van der Waals surface area (Å²) in [6.45, 7) is 6.27. The van der Waals surface area contributed by atoms with Crippen LogP contribution in [0.15, 0.2) is 48.5 Å². The van der Waals surface area contributed by atoms with E-state index in [1.807, 2.05) is 45.0 Å². The lowest BCUT2D eigenvalue weighted by Crippen LogP contribution is -2.47. The van der Waals surface area contributed by atoms with Gasteiger partial charge in [0.25, 0.3) is 0 Å². The second kappa shape index (κ2) is 9.12. The molecule has 0 spiro atoms. The van der Waals surface area contributed by atoms with Gasteiger partial charge in [0.2, 0.25) is 5.91 Å². The minimum absolute atomic E-state index is 0.00348. The fourth-order valence-electron chi connectivity index (χ4n) is 4.78. The number of hydrogen-bond acceptors (Lipinski definition) is 4. The van der Waals surface area contributed by atoms with Crippen LogP contribution in [-0.4, -0.2) is 41.3 Å². The number of aliphatic carboxylic acids is 1. The van der Waals surface area contributed by atoms with Crippen molar-refractivity contribution in [3.05, 3.63) is 59.7 Å². The van der Waals surface area contributed by atoms with Crippen molar-refractivity contribution in [2.75, 3.05) is 6.61 Å². The summed E-state index contributed by atoms with van der Waals surface area (Å²) >= 11 is 0. The minimum atomic E-state index is -1.15. The summed E-state index contributed by atoms with van der Waals surface area (Å²) in [7, 11) is 0. The normalized spacial score (nSPS) is 16.7. The van der Waals surface area contributed by atoms with E-state index in [2.05, 4.69) is 34.9 Å². The summed E-state index contributed by atoms with van der Waals surface area (Å²) in [5.41, 5.74) is 3.28. The van der Waals surface area contributed by atoms with Gasteiger partial charge in [0.15, 0.2) is 0 Å². The maximum absolute atomic E-state index is 12.7. The lowest BCUT2D eigenvalue weighted by molar-refractivity contribution is -0.143. The van der Waals surface area contributed by atoms with Crippen molar-refractivity contribution in [3.8, 4) is 11.1 Å². The van der Waals surface area contributed by atoms with Crippen molar-refractivity contribution >= 4 is 18.0 Å². The number of rotatable bonds is 8. The molecule has 0 bridgehead atoms. The molecule has 1 atom stereocenters. The van der Waals surface area contributed by atoms with Crippen molar-refractivity contribution in [1.82, 2.24) is 10.6 Å². The zero-order valence-corrected chi connectivity index (χ0v) is 19.9. The average molecular weight is 465 g/mol. The van der Waals surface area contributed by atoms with Gasteiger partial charge >= 0.3 is 12.1 Å². The molecule has 2 amide bonds. The molecule has 0 saturated heterocycles. The van der Waals surface area contributed by atoms with E-state index in [-0.39, 0.29) is 30.3 Å². The van der Waals surface area contributed by atoms with Crippen LogP contribution >= 0.6 is 0 Å². The van der Waals surface area contributed by atoms with Gasteiger partial charge in [-0.3, -0.25) is 4.79 Å². The number of fused-ring (bicyclic) bond motifs is 3. The number of carboxylic acids is 1. The first-order chi connectivity index (χ1) is 16.1. The molecule has 2 aromatic rings. The number of hydrogen-bond donors (Lipinski definition) is 3. The number of benzene rings is 2. The zero-order chi connectivity index (χ0) is 24.5. The molecule has 34 heavy (non-hydrogen) atoms. The van der Waals surface area contributed by atoms with E-state index in [9.17, 15) is 19.5 Å². The zero-order valence-electron chi connectivity index (χ0n) is 19.9. The maximum Gasteiger partial charge on any atom is 0.407 e. The second-order valence-electron chi connectivity index (χ2n) is 10.6. The van der Waals surface area contributed by atoms with Crippen molar-refractivity contribution in [3.63, 3.8) is 0 Å². The lowest BCUT2D eigenvalue weighted by Gasteiger charge is -2.27. The van der Waals surface area contributed by atoms with E-state index < -0.39 is 23.6 Å². The average Bonchev–Trinajstić information content (AvgIpc) is 3.47. The van der Waals surface area contributed by atoms with Crippen LogP contribution in [0, 0.1) is 5.41 Å². The molecule has 180 valence electrons. The molecule has 0 aromatic heterocycles. The van der Waals surface area contributed by atoms with Gasteiger partial charge in [-0.2, -0.15) is 0 Å². The molecule has 0 aliphatic heterocycles. The van der Waals surface area contributed by atoms with Crippen LogP contribution in [0.4, 0.5) is 4.79 Å². The Hall–Kier alpha value is -3.35. The quantitative estimate of drug-likeness (QED) is 0.535. The van der Waals surface area contributed by atoms with E-state index in [4.69, 9.17) is 4.74 Å². The van der Waals surface area contributed by atoms with Gasteiger partial charge in [0, 0.05) is 18.4 Å². The molecule has 3 N–H and O–H groups in total. The Morgan fingerprint density at radius 3 is 2.09 bits per heavy atom. The number of carboxylic acid groups (broad SMARTS) is 1. The van der Waals surface area contributed by atoms with Crippen LogP contribution in [0.2, 0.25) is 0 Å². The number of carbonyl (C=O) groups is 3. The second-order valence-corrected chi connectivity index (χ2v) is 10.6. The number of ether oxygens (including phenoxy) is 1. The van der Waals surface area contributed by atoms with Crippen molar-refractivity contribution in [2.45, 2.75) is 64.0 Å². The SMILES string of the molecule is CC(C)(C)CC(CC(=O)NC1(C(=O)O)CC1)NC(=O)OCC1c2ccccc2-c2ccccc21. The van der Waals surface area contributed by atoms with Crippen LogP contribution in [-0.2, 0) is 14.3 Å². The van der Waals surface area contributed by atoms with E-state index in [1.54, 1.807) is 0 Å².